The van der Waals surface area contributed by atoms with Crippen molar-refractivity contribution in [1.29, 1.82) is 0 Å². The Morgan fingerprint density at radius 2 is 1.68 bits per heavy atom. The van der Waals surface area contributed by atoms with Gasteiger partial charge < -0.3 is 9.30 Å². The fourth-order valence-corrected chi connectivity index (χ4v) is 4.06. The standard InChI is InChI=1S/C25H21BrN2O3/c1-15-12-22(20-6-4-5-7-23(20)27-15)25(30)31-14-24(29)21-13-16(2)28(17(21)3)19-10-8-18(26)9-11-19/h4-13H,14H2,1-3H3. The van der Waals surface area contributed by atoms with E-state index in [0.717, 1.165) is 32.8 Å². The van der Waals surface area contributed by atoms with Gasteiger partial charge in [-0.2, -0.15) is 0 Å². The third kappa shape index (κ3) is 4.16. The van der Waals surface area contributed by atoms with Crippen LogP contribution in [-0.4, -0.2) is 27.9 Å². The smallest absolute Gasteiger partial charge is 0.339 e. The van der Waals surface area contributed by atoms with Crippen LogP contribution in [-0.2, 0) is 4.74 Å². The summed E-state index contributed by atoms with van der Waals surface area (Å²) in [7, 11) is 0. The molecule has 4 rings (SSSR count). The normalized spacial score (nSPS) is 11.0. The number of fused-ring (bicyclic) bond motifs is 1. The van der Waals surface area contributed by atoms with Crippen LogP contribution >= 0.6 is 15.9 Å². The van der Waals surface area contributed by atoms with Crippen molar-refractivity contribution in [2.75, 3.05) is 6.61 Å². The number of ether oxygens (including phenoxy) is 1. The molecule has 156 valence electrons. The topological polar surface area (TPSA) is 61.2 Å². The van der Waals surface area contributed by atoms with Crippen LogP contribution in [0.1, 0.15) is 37.8 Å². The molecular formula is C25H21BrN2O3. The molecule has 0 bridgehead atoms. The summed E-state index contributed by atoms with van der Waals surface area (Å²) in [5.74, 6) is -0.767. The molecule has 0 aliphatic heterocycles. The Bertz CT molecular complexity index is 1310. The monoisotopic (exact) mass is 476 g/mol. The maximum absolute atomic E-state index is 12.9. The number of benzene rings is 2. The zero-order chi connectivity index (χ0) is 22.1. The van der Waals surface area contributed by atoms with Crippen LogP contribution in [0.3, 0.4) is 0 Å². The van der Waals surface area contributed by atoms with Crippen LogP contribution in [0, 0.1) is 20.8 Å². The Labute approximate surface area is 188 Å². The molecule has 0 fully saturated rings. The van der Waals surface area contributed by atoms with Crippen molar-refractivity contribution in [3.63, 3.8) is 0 Å². The Kier molecular flexibility index (Phi) is 5.74. The second-order valence-electron chi connectivity index (χ2n) is 7.42. The minimum absolute atomic E-state index is 0.236. The predicted molar refractivity (Wildman–Crippen MR) is 124 cm³/mol. The van der Waals surface area contributed by atoms with Crippen molar-refractivity contribution in [3.8, 4) is 5.69 Å². The summed E-state index contributed by atoms with van der Waals surface area (Å²) in [4.78, 5) is 30.1. The fourth-order valence-electron chi connectivity index (χ4n) is 3.80. The van der Waals surface area contributed by atoms with E-state index in [4.69, 9.17) is 4.74 Å². The first kappa shape index (κ1) is 21.0. The van der Waals surface area contributed by atoms with E-state index in [1.54, 1.807) is 6.07 Å². The summed E-state index contributed by atoms with van der Waals surface area (Å²) in [6.07, 6.45) is 0. The van der Waals surface area contributed by atoms with Gasteiger partial charge in [0, 0.05) is 38.2 Å². The lowest BCUT2D eigenvalue weighted by molar-refractivity contribution is 0.0476. The van der Waals surface area contributed by atoms with Gasteiger partial charge in [0.2, 0.25) is 5.78 Å². The molecule has 2 aromatic heterocycles. The first-order chi connectivity index (χ1) is 14.8. The van der Waals surface area contributed by atoms with Crippen molar-refractivity contribution in [3.05, 3.63) is 93.3 Å². The van der Waals surface area contributed by atoms with Gasteiger partial charge in [0.15, 0.2) is 6.61 Å². The van der Waals surface area contributed by atoms with E-state index >= 15 is 0 Å². The summed E-state index contributed by atoms with van der Waals surface area (Å²) >= 11 is 3.44. The molecule has 0 saturated heterocycles. The molecule has 0 saturated carbocycles. The zero-order valence-corrected chi connectivity index (χ0v) is 19.1. The molecule has 0 atom stereocenters. The lowest BCUT2D eigenvalue weighted by Crippen LogP contribution is -2.15. The number of carbonyl (C=O) groups is 2. The predicted octanol–water partition coefficient (Wildman–Crippen LogP) is 5.75. The van der Waals surface area contributed by atoms with Gasteiger partial charge in [0.05, 0.1) is 11.1 Å². The molecule has 5 nitrogen and oxygen atoms in total. The highest BCUT2D eigenvalue weighted by molar-refractivity contribution is 9.10. The summed E-state index contributed by atoms with van der Waals surface area (Å²) in [6.45, 7) is 5.35. The van der Waals surface area contributed by atoms with Crippen LogP contribution in [0.15, 0.2) is 65.1 Å². The van der Waals surface area contributed by atoms with E-state index in [1.165, 1.54) is 0 Å². The Balaban J connectivity index is 1.56. The third-order valence-electron chi connectivity index (χ3n) is 5.21. The molecule has 0 N–H and O–H groups in total. The van der Waals surface area contributed by atoms with Gasteiger partial charge in [-0.3, -0.25) is 9.78 Å². The number of esters is 1. The van der Waals surface area contributed by atoms with Crippen molar-refractivity contribution in [1.82, 2.24) is 9.55 Å². The Morgan fingerprint density at radius 1 is 0.968 bits per heavy atom. The summed E-state index contributed by atoms with van der Waals surface area (Å²) in [6, 6.07) is 18.8. The summed E-state index contributed by atoms with van der Waals surface area (Å²) < 4.78 is 8.40. The average Bonchev–Trinajstić information content (AvgIpc) is 3.06. The van der Waals surface area contributed by atoms with Gasteiger partial charge in [0.25, 0.3) is 0 Å². The number of Topliss-reactive ketones (excluding diaryl/α,β-unsaturated/α-hetero) is 1. The van der Waals surface area contributed by atoms with Crippen LogP contribution in [0.5, 0.6) is 0 Å². The van der Waals surface area contributed by atoms with E-state index in [-0.39, 0.29) is 12.4 Å². The lowest BCUT2D eigenvalue weighted by atomic mass is 10.1. The van der Waals surface area contributed by atoms with Crippen LogP contribution in [0.4, 0.5) is 0 Å². The van der Waals surface area contributed by atoms with E-state index in [0.29, 0.717) is 16.5 Å². The van der Waals surface area contributed by atoms with Gasteiger partial charge in [-0.25, -0.2) is 4.79 Å². The van der Waals surface area contributed by atoms with Gasteiger partial charge in [-0.1, -0.05) is 34.1 Å². The number of nitrogens with zero attached hydrogens (tertiary/aromatic N) is 2. The molecule has 4 aromatic rings. The number of para-hydroxylation sites is 1. The second-order valence-corrected chi connectivity index (χ2v) is 8.34. The molecule has 0 radical (unpaired) electrons. The average molecular weight is 477 g/mol. The van der Waals surface area contributed by atoms with Crippen molar-refractivity contribution < 1.29 is 14.3 Å². The number of halogens is 1. The molecular weight excluding hydrogens is 456 g/mol. The molecule has 2 heterocycles. The van der Waals surface area contributed by atoms with E-state index in [2.05, 4.69) is 20.9 Å². The molecule has 0 aliphatic carbocycles. The van der Waals surface area contributed by atoms with Gasteiger partial charge in [-0.15, -0.1) is 0 Å². The summed E-state index contributed by atoms with van der Waals surface area (Å²) in [5, 5.41) is 0.707. The molecule has 0 aliphatic rings. The third-order valence-corrected chi connectivity index (χ3v) is 5.74. The van der Waals surface area contributed by atoms with Gasteiger partial charge in [-0.05, 0) is 63.2 Å². The van der Waals surface area contributed by atoms with E-state index in [9.17, 15) is 9.59 Å². The number of aromatic nitrogens is 2. The maximum Gasteiger partial charge on any atom is 0.339 e. The first-order valence-corrected chi connectivity index (χ1v) is 10.7. The van der Waals surface area contributed by atoms with Crippen LogP contribution in [0.25, 0.3) is 16.6 Å². The first-order valence-electron chi connectivity index (χ1n) is 9.87. The molecule has 0 spiro atoms. The number of hydrogen-bond acceptors (Lipinski definition) is 4. The molecule has 6 heteroatoms. The lowest BCUT2D eigenvalue weighted by Gasteiger charge is -2.10. The van der Waals surface area contributed by atoms with Crippen molar-refractivity contribution >= 4 is 38.6 Å². The highest BCUT2D eigenvalue weighted by atomic mass is 79.9. The number of pyridine rings is 1. The molecule has 0 amide bonds. The van der Waals surface area contributed by atoms with Crippen molar-refractivity contribution in [2.24, 2.45) is 0 Å². The highest BCUT2D eigenvalue weighted by Gasteiger charge is 2.20. The second kappa shape index (κ2) is 8.47. The van der Waals surface area contributed by atoms with Gasteiger partial charge >= 0.3 is 5.97 Å². The minimum Gasteiger partial charge on any atom is -0.454 e. The number of ketones is 1. The molecule has 2 aromatic carbocycles. The van der Waals surface area contributed by atoms with E-state index < -0.39 is 5.97 Å². The quantitative estimate of drug-likeness (QED) is 0.271. The largest absolute Gasteiger partial charge is 0.454 e. The number of hydrogen-bond donors (Lipinski definition) is 0. The molecule has 31 heavy (non-hydrogen) atoms. The zero-order valence-electron chi connectivity index (χ0n) is 17.5. The van der Waals surface area contributed by atoms with Crippen LogP contribution in [0.2, 0.25) is 0 Å². The Morgan fingerprint density at radius 3 is 2.42 bits per heavy atom. The number of aryl methyl sites for hydroxylation is 2. The molecule has 0 unspecified atom stereocenters. The van der Waals surface area contributed by atoms with Crippen molar-refractivity contribution in [2.45, 2.75) is 20.8 Å². The summed E-state index contributed by atoms with van der Waals surface area (Å²) in [5.41, 5.74) is 5.11. The Hall–Kier alpha value is -3.25. The fraction of sp³-hybridized carbons (Fsp3) is 0.160. The van der Waals surface area contributed by atoms with Gasteiger partial charge in [0.1, 0.15) is 0 Å². The minimum atomic E-state index is -0.531. The number of rotatable bonds is 5. The SMILES string of the molecule is Cc1cc(C(=O)OCC(=O)c2cc(C)n(-c3ccc(Br)cc3)c2C)c2ccccc2n1. The van der Waals surface area contributed by atoms with Crippen LogP contribution < -0.4 is 0 Å². The number of carbonyl (C=O) groups excluding carboxylic acids is 2. The highest BCUT2D eigenvalue weighted by Crippen LogP contribution is 2.23. The maximum atomic E-state index is 12.9. The van der Waals surface area contributed by atoms with E-state index in [1.807, 2.05) is 79.9 Å².